The fourth-order valence-corrected chi connectivity index (χ4v) is 3.29. The van der Waals surface area contributed by atoms with Gasteiger partial charge in [0.2, 0.25) is 0 Å². The number of hydrogen-bond donors (Lipinski definition) is 1. The smallest absolute Gasteiger partial charge is 0.320 e. The Morgan fingerprint density at radius 1 is 1.35 bits per heavy atom. The Hall–Kier alpha value is -1.40. The standard InChI is InChI=1S/C14H20N2O3S/c1-2-11(14(18)19)15-6-4-7-16(9-8-15)13(17)12-5-3-10-20-12/h3,5,10-11H,2,4,6-9H2,1H3,(H,18,19). The van der Waals surface area contributed by atoms with Crippen LogP contribution < -0.4 is 0 Å². The first-order valence-corrected chi connectivity index (χ1v) is 7.81. The van der Waals surface area contributed by atoms with E-state index in [1.54, 1.807) is 0 Å². The molecule has 2 heterocycles. The van der Waals surface area contributed by atoms with Crippen LogP contribution in [0.25, 0.3) is 0 Å². The molecule has 6 heteroatoms. The van der Waals surface area contributed by atoms with Gasteiger partial charge in [0.05, 0.1) is 4.88 Å². The normalized spacial score (nSPS) is 18.6. The number of aliphatic carboxylic acids is 1. The molecule has 0 bridgehead atoms. The molecule has 1 amide bonds. The number of hydrogen-bond acceptors (Lipinski definition) is 4. The van der Waals surface area contributed by atoms with Crippen molar-refractivity contribution < 1.29 is 14.7 Å². The number of carboxylic acids is 1. The highest BCUT2D eigenvalue weighted by atomic mass is 32.1. The first kappa shape index (κ1) is 15.0. The zero-order valence-electron chi connectivity index (χ0n) is 11.6. The highest BCUT2D eigenvalue weighted by molar-refractivity contribution is 7.12. The van der Waals surface area contributed by atoms with Gasteiger partial charge in [-0.1, -0.05) is 13.0 Å². The van der Waals surface area contributed by atoms with E-state index in [0.29, 0.717) is 26.1 Å². The predicted molar refractivity (Wildman–Crippen MR) is 78.1 cm³/mol. The lowest BCUT2D eigenvalue weighted by molar-refractivity contribution is -0.143. The number of carboxylic acid groups (broad SMARTS) is 1. The first-order valence-electron chi connectivity index (χ1n) is 6.93. The average molecular weight is 296 g/mol. The lowest BCUT2D eigenvalue weighted by Crippen LogP contribution is -2.43. The number of carbonyl (C=O) groups excluding carboxylic acids is 1. The second kappa shape index (κ2) is 6.85. The van der Waals surface area contributed by atoms with E-state index in [4.69, 9.17) is 0 Å². The van der Waals surface area contributed by atoms with E-state index in [-0.39, 0.29) is 5.91 Å². The van der Waals surface area contributed by atoms with Crippen LogP contribution in [0, 0.1) is 0 Å². The van der Waals surface area contributed by atoms with E-state index >= 15 is 0 Å². The summed E-state index contributed by atoms with van der Waals surface area (Å²) in [6.45, 7) is 4.54. The molecule has 1 aromatic heterocycles. The molecule has 110 valence electrons. The molecule has 1 aliphatic heterocycles. The summed E-state index contributed by atoms with van der Waals surface area (Å²) in [4.78, 5) is 28.1. The Morgan fingerprint density at radius 3 is 2.75 bits per heavy atom. The molecular formula is C14H20N2O3S. The third-order valence-electron chi connectivity index (χ3n) is 3.66. The molecule has 1 aromatic rings. The second-order valence-corrected chi connectivity index (χ2v) is 5.87. The van der Waals surface area contributed by atoms with Crippen LogP contribution in [-0.2, 0) is 4.79 Å². The van der Waals surface area contributed by atoms with Crippen molar-refractivity contribution in [3.8, 4) is 0 Å². The maximum atomic E-state index is 12.3. The van der Waals surface area contributed by atoms with Crippen LogP contribution in [0.4, 0.5) is 0 Å². The van der Waals surface area contributed by atoms with Gasteiger partial charge in [-0.05, 0) is 24.3 Å². The van der Waals surface area contributed by atoms with Crippen molar-refractivity contribution in [2.24, 2.45) is 0 Å². The molecule has 20 heavy (non-hydrogen) atoms. The molecule has 1 atom stereocenters. The molecule has 0 aromatic carbocycles. The van der Waals surface area contributed by atoms with Gasteiger partial charge in [0.25, 0.3) is 5.91 Å². The fourth-order valence-electron chi connectivity index (χ4n) is 2.60. The van der Waals surface area contributed by atoms with Crippen LogP contribution in [0.15, 0.2) is 17.5 Å². The molecule has 2 rings (SSSR count). The molecule has 1 unspecified atom stereocenters. The molecule has 1 N–H and O–H groups in total. The number of amides is 1. The Morgan fingerprint density at radius 2 is 2.15 bits per heavy atom. The van der Waals surface area contributed by atoms with Gasteiger partial charge in [0.15, 0.2) is 0 Å². The van der Waals surface area contributed by atoms with Gasteiger partial charge in [-0.25, -0.2) is 0 Å². The predicted octanol–water partition coefficient (Wildman–Crippen LogP) is 1.76. The summed E-state index contributed by atoms with van der Waals surface area (Å²) < 4.78 is 0. The van der Waals surface area contributed by atoms with Crippen LogP contribution in [0.3, 0.4) is 0 Å². The molecule has 0 saturated carbocycles. The average Bonchev–Trinajstić information content (AvgIpc) is 2.85. The molecule has 5 nitrogen and oxygen atoms in total. The van der Waals surface area contributed by atoms with Crippen LogP contribution in [0.2, 0.25) is 0 Å². The van der Waals surface area contributed by atoms with E-state index in [1.165, 1.54) is 11.3 Å². The Bertz CT molecular complexity index is 461. The lowest BCUT2D eigenvalue weighted by Gasteiger charge is -2.26. The first-order chi connectivity index (χ1) is 9.63. The molecular weight excluding hydrogens is 276 g/mol. The Kier molecular flexibility index (Phi) is 5.14. The van der Waals surface area contributed by atoms with E-state index < -0.39 is 12.0 Å². The highest BCUT2D eigenvalue weighted by Crippen LogP contribution is 2.15. The monoisotopic (exact) mass is 296 g/mol. The van der Waals surface area contributed by atoms with Crippen LogP contribution in [0.5, 0.6) is 0 Å². The van der Waals surface area contributed by atoms with Crippen molar-refractivity contribution >= 4 is 23.2 Å². The van der Waals surface area contributed by atoms with Gasteiger partial charge in [0, 0.05) is 26.2 Å². The minimum Gasteiger partial charge on any atom is -0.480 e. The van der Waals surface area contributed by atoms with Crippen molar-refractivity contribution in [3.05, 3.63) is 22.4 Å². The van der Waals surface area contributed by atoms with E-state index in [1.807, 2.05) is 34.2 Å². The molecule has 0 radical (unpaired) electrons. The van der Waals surface area contributed by atoms with Gasteiger partial charge in [-0.2, -0.15) is 0 Å². The van der Waals surface area contributed by atoms with E-state index in [0.717, 1.165) is 17.8 Å². The zero-order chi connectivity index (χ0) is 14.5. The second-order valence-electron chi connectivity index (χ2n) is 4.92. The molecule has 0 aliphatic carbocycles. The number of thiophene rings is 1. The van der Waals surface area contributed by atoms with E-state index in [2.05, 4.69) is 0 Å². The quantitative estimate of drug-likeness (QED) is 0.919. The maximum Gasteiger partial charge on any atom is 0.320 e. The maximum absolute atomic E-state index is 12.3. The third kappa shape index (κ3) is 3.37. The van der Waals surface area contributed by atoms with Crippen LogP contribution in [-0.4, -0.2) is 59.0 Å². The summed E-state index contributed by atoms with van der Waals surface area (Å²) >= 11 is 1.45. The number of nitrogens with zero attached hydrogens (tertiary/aromatic N) is 2. The topological polar surface area (TPSA) is 60.9 Å². The summed E-state index contributed by atoms with van der Waals surface area (Å²) in [5, 5.41) is 11.1. The minimum absolute atomic E-state index is 0.0604. The van der Waals surface area contributed by atoms with Gasteiger partial charge in [-0.15, -0.1) is 11.3 Å². The summed E-state index contributed by atoms with van der Waals surface area (Å²) in [6, 6.07) is 3.27. The SMILES string of the molecule is CCC(C(=O)O)N1CCCN(C(=O)c2cccs2)CC1. The van der Waals surface area contributed by atoms with Gasteiger partial charge < -0.3 is 10.0 Å². The van der Waals surface area contributed by atoms with Gasteiger partial charge in [0.1, 0.15) is 6.04 Å². The summed E-state index contributed by atoms with van der Waals surface area (Å²) in [6.07, 6.45) is 1.41. The van der Waals surface area contributed by atoms with Crippen molar-refractivity contribution in [1.29, 1.82) is 0 Å². The number of carbonyl (C=O) groups is 2. The van der Waals surface area contributed by atoms with E-state index in [9.17, 15) is 14.7 Å². The van der Waals surface area contributed by atoms with Crippen LogP contribution in [0.1, 0.15) is 29.4 Å². The Balaban J connectivity index is 1.98. The summed E-state index contributed by atoms with van der Waals surface area (Å²) in [5.41, 5.74) is 0. The molecule has 1 saturated heterocycles. The van der Waals surface area contributed by atoms with Gasteiger partial charge >= 0.3 is 5.97 Å². The minimum atomic E-state index is -0.773. The lowest BCUT2D eigenvalue weighted by atomic mass is 10.2. The van der Waals surface area contributed by atoms with Gasteiger partial charge in [-0.3, -0.25) is 14.5 Å². The van der Waals surface area contributed by atoms with Crippen molar-refractivity contribution in [2.75, 3.05) is 26.2 Å². The van der Waals surface area contributed by atoms with Crippen molar-refractivity contribution in [2.45, 2.75) is 25.8 Å². The summed E-state index contributed by atoms with van der Waals surface area (Å²) in [7, 11) is 0. The zero-order valence-corrected chi connectivity index (χ0v) is 12.4. The molecule has 1 fully saturated rings. The Labute approximate surface area is 122 Å². The third-order valence-corrected chi connectivity index (χ3v) is 4.52. The highest BCUT2D eigenvalue weighted by Gasteiger charge is 2.27. The summed E-state index contributed by atoms with van der Waals surface area (Å²) in [5.74, 6) is -0.712. The molecule has 0 spiro atoms. The number of rotatable bonds is 4. The van der Waals surface area contributed by atoms with Crippen LogP contribution >= 0.6 is 11.3 Å². The molecule has 1 aliphatic rings. The van der Waals surface area contributed by atoms with Crippen molar-refractivity contribution in [3.63, 3.8) is 0 Å². The van der Waals surface area contributed by atoms with Crippen molar-refractivity contribution in [1.82, 2.24) is 9.80 Å². The largest absolute Gasteiger partial charge is 0.480 e. The fraction of sp³-hybridized carbons (Fsp3) is 0.571.